The van der Waals surface area contributed by atoms with Gasteiger partial charge in [0.1, 0.15) is 30.2 Å². The van der Waals surface area contributed by atoms with Gasteiger partial charge in [0.25, 0.3) is 0 Å². The summed E-state index contributed by atoms with van der Waals surface area (Å²) in [5, 5.41) is 20.6. The number of nitrogen functional groups attached to an aromatic ring is 1. The minimum Gasteiger partial charge on any atom is -0.387 e. The Morgan fingerprint density at radius 3 is 1.58 bits per heavy atom. The quantitative estimate of drug-likeness (QED) is 0.0897. The molecule has 1 fully saturated rings. The number of hydrogen-bond acceptors (Lipinski definition) is 20. The van der Waals surface area contributed by atoms with Gasteiger partial charge in [-0.25, -0.2) is 46.9 Å². The van der Waals surface area contributed by atoms with Crippen molar-refractivity contribution in [3.05, 3.63) is 12.7 Å². The summed E-state index contributed by atoms with van der Waals surface area (Å²) in [5.74, 6) is -0.0189. The van der Waals surface area contributed by atoms with E-state index in [0.717, 1.165) is 17.2 Å². The maximum absolute atomic E-state index is 12.1. The van der Waals surface area contributed by atoms with Gasteiger partial charge in [-0.05, 0) is 0 Å². The van der Waals surface area contributed by atoms with Crippen LogP contribution in [0.5, 0.6) is 0 Å². The number of nitrogens with two attached hydrogens (primary N) is 1. The molecule has 4 unspecified atom stereocenters. The molecular formula is C10H22N5O26P7. The zero-order chi connectivity index (χ0) is 37.3. The van der Waals surface area contributed by atoms with Gasteiger partial charge in [0, 0.05) is 0 Å². The highest BCUT2D eigenvalue weighted by Crippen LogP contribution is 2.73. The topological polar surface area (TPSA) is 496 Å². The molecule has 31 nitrogen and oxygen atoms in total. The van der Waals surface area contributed by atoms with Crippen molar-refractivity contribution >= 4 is 71.7 Å². The Labute approximate surface area is 263 Å². The van der Waals surface area contributed by atoms with Gasteiger partial charge >= 0.3 is 54.8 Å². The SMILES string of the molecule is Nc1ncnc2c1ncn2[C@@H]1O[C@H](COP(=O)(O)OP(=O)(O)OP(=O)(O)OP(=O)(O)OP(=O)(O)O)[C@@H](O)[C@H]1O.O=P(O)(O)OP(=O)(O)O. The molecule has 0 aliphatic carbocycles. The number of phosphoric acid groups is 7. The Morgan fingerprint density at radius 2 is 1.12 bits per heavy atom. The fourth-order valence-electron chi connectivity index (χ4n) is 3.05. The summed E-state index contributed by atoms with van der Waals surface area (Å²) in [4.78, 5) is 96.9. The molecule has 48 heavy (non-hydrogen) atoms. The van der Waals surface area contributed by atoms with Crippen molar-refractivity contribution in [2.45, 2.75) is 24.5 Å². The van der Waals surface area contributed by atoms with Gasteiger partial charge in [-0.1, -0.05) is 0 Å². The van der Waals surface area contributed by atoms with Crippen LogP contribution in [0.4, 0.5) is 5.82 Å². The molecule has 0 spiro atoms. The van der Waals surface area contributed by atoms with Gasteiger partial charge in [0.15, 0.2) is 17.7 Å². The fraction of sp³-hybridized carbons (Fsp3) is 0.500. The Bertz CT molecular complexity index is 1780. The van der Waals surface area contributed by atoms with Gasteiger partial charge in [-0.3, -0.25) is 9.09 Å². The summed E-state index contributed by atoms with van der Waals surface area (Å²) < 4.78 is 104. The number of imidazole rings is 1. The van der Waals surface area contributed by atoms with E-state index in [1.807, 2.05) is 0 Å². The average molecular weight is 845 g/mol. The van der Waals surface area contributed by atoms with Gasteiger partial charge < -0.3 is 69.6 Å². The molecule has 2 aromatic heterocycles. The second kappa shape index (κ2) is 15.4. The van der Waals surface area contributed by atoms with E-state index in [4.69, 9.17) is 44.7 Å². The normalized spacial score (nSPS) is 25.7. The first-order valence-electron chi connectivity index (χ1n) is 10.9. The van der Waals surface area contributed by atoms with E-state index >= 15 is 0 Å². The van der Waals surface area contributed by atoms with Crippen LogP contribution in [0, 0.1) is 0 Å². The molecule has 1 saturated heterocycles. The zero-order valence-corrected chi connectivity index (χ0v) is 28.5. The number of fused-ring (bicyclic) bond motifs is 1. The van der Waals surface area contributed by atoms with E-state index in [0.29, 0.717) is 0 Å². The van der Waals surface area contributed by atoms with Crippen LogP contribution in [-0.4, -0.2) is 104 Å². The van der Waals surface area contributed by atoms with Crippen LogP contribution in [-0.2, 0) is 62.8 Å². The molecule has 0 aromatic carbocycles. The molecule has 2 aromatic rings. The van der Waals surface area contributed by atoms with Crippen molar-refractivity contribution in [2.24, 2.45) is 0 Å². The number of rotatable bonds is 14. The minimum absolute atomic E-state index is 0.0189. The second-order valence-corrected chi connectivity index (χ2v) is 18.4. The van der Waals surface area contributed by atoms with Crippen molar-refractivity contribution in [1.29, 1.82) is 0 Å². The maximum atomic E-state index is 12.1. The summed E-state index contributed by atoms with van der Waals surface area (Å²) in [6, 6.07) is 0. The lowest BCUT2D eigenvalue weighted by Gasteiger charge is -2.20. The molecule has 0 radical (unpaired) electrons. The van der Waals surface area contributed by atoms with E-state index in [9.17, 15) is 56.8 Å². The lowest BCUT2D eigenvalue weighted by atomic mass is 10.1. The third kappa shape index (κ3) is 14.4. The van der Waals surface area contributed by atoms with Crippen molar-refractivity contribution < 1.29 is 122 Å². The van der Waals surface area contributed by atoms with Crippen LogP contribution in [0.3, 0.4) is 0 Å². The van der Waals surface area contributed by atoms with Crippen LogP contribution in [0.2, 0.25) is 0 Å². The van der Waals surface area contributed by atoms with Crippen molar-refractivity contribution in [2.75, 3.05) is 12.3 Å². The molecule has 3 heterocycles. The summed E-state index contributed by atoms with van der Waals surface area (Å²) in [6.07, 6.45) is -4.32. The molecule has 278 valence electrons. The third-order valence-electron chi connectivity index (χ3n) is 4.44. The Balaban J connectivity index is 0.000000778. The minimum atomic E-state index is -6.26. The standard InChI is InChI=1S/C10H18N5O19P5.H4O7P2/c11-8-5-9(13-2-12-8)15(3-14-5)10-7(17)6(16)4(30-10)1-29-36(21,22)32-38(25,26)34-39(27,28)33-37(23,24)31-35(18,19)20;1-8(2,3)7-9(4,5)6/h2-4,6-7,10,16-17H,1H2,(H,21,22)(H,23,24)(H,25,26)(H,27,28)(H2,11,12,13)(H2,18,19,20);(H2,1,2,3)(H2,4,5,6)/t4-,6-,7-,10-;/m1./s1. The van der Waals surface area contributed by atoms with Crippen LogP contribution < -0.4 is 5.73 Å². The molecule has 3 rings (SSSR count). The van der Waals surface area contributed by atoms with Gasteiger partial charge in [-0.15, -0.1) is 0 Å². The number of aliphatic hydroxyl groups excluding tert-OH is 2. The van der Waals surface area contributed by atoms with E-state index < -0.39 is 85.9 Å². The number of phosphoric ester groups is 1. The smallest absolute Gasteiger partial charge is 0.387 e. The first-order valence-corrected chi connectivity index (χ1v) is 21.5. The number of anilines is 1. The van der Waals surface area contributed by atoms with Crippen molar-refractivity contribution in [1.82, 2.24) is 19.5 Å². The molecule has 14 N–H and O–H groups in total. The Hall–Kier alpha value is -0.800. The van der Waals surface area contributed by atoms with E-state index in [-0.39, 0.29) is 17.0 Å². The lowest BCUT2D eigenvalue weighted by Crippen LogP contribution is -2.33. The lowest BCUT2D eigenvalue weighted by molar-refractivity contribution is -0.0503. The summed E-state index contributed by atoms with van der Waals surface area (Å²) in [6.45, 7) is -1.12. The van der Waals surface area contributed by atoms with Crippen LogP contribution in [0.25, 0.3) is 11.2 Å². The molecule has 38 heteroatoms. The summed E-state index contributed by atoms with van der Waals surface area (Å²) in [7, 11) is -40.2. The Morgan fingerprint density at radius 1 is 0.667 bits per heavy atom. The van der Waals surface area contributed by atoms with Gasteiger partial charge in [0.2, 0.25) is 0 Å². The number of aromatic nitrogens is 4. The zero-order valence-electron chi connectivity index (χ0n) is 22.2. The Kier molecular flexibility index (Phi) is 13.9. The molecule has 0 bridgehead atoms. The van der Waals surface area contributed by atoms with E-state index in [1.54, 1.807) is 0 Å². The molecule has 8 atom stereocenters. The largest absolute Gasteiger partial charge is 0.490 e. The first-order chi connectivity index (χ1) is 21.3. The van der Waals surface area contributed by atoms with Crippen molar-refractivity contribution in [3.8, 4) is 0 Å². The number of aliphatic hydroxyl groups is 2. The van der Waals surface area contributed by atoms with Crippen LogP contribution in [0.1, 0.15) is 6.23 Å². The number of nitrogens with zero attached hydrogens (tertiary/aromatic N) is 4. The molecule has 0 amide bonds. The predicted molar refractivity (Wildman–Crippen MR) is 142 cm³/mol. The van der Waals surface area contributed by atoms with E-state index in [1.165, 1.54) is 0 Å². The third-order valence-corrected chi connectivity index (χ3v) is 13.2. The van der Waals surface area contributed by atoms with Crippen molar-refractivity contribution in [3.63, 3.8) is 0 Å². The fourth-order valence-corrected chi connectivity index (χ4v) is 10.1. The highest BCUT2D eigenvalue weighted by atomic mass is 31.3. The predicted octanol–water partition coefficient (Wildman–Crippen LogP) is -2.21. The van der Waals surface area contributed by atoms with Crippen LogP contribution in [0.15, 0.2) is 12.7 Å². The molecular weight excluding hydrogens is 823 g/mol. The molecule has 0 saturated carbocycles. The summed E-state index contributed by atoms with van der Waals surface area (Å²) >= 11 is 0. The average Bonchev–Trinajstić information content (AvgIpc) is 3.33. The van der Waals surface area contributed by atoms with E-state index in [2.05, 4.69) is 41.0 Å². The summed E-state index contributed by atoms with van der Waals surface area (Å²) in [5.41, 5.74) is 5.85. The highest BCUT2D eigenvalue weighted by Gasteiger charge is 2.49. The number of ether oxygens (including phenoxy) is 1. The first kappa shape index (κ1) is 43.4. The van der Waals surface area contributed by atoms with Crippen LogP contribution >= 0.6 is 54.8 Å². The number of hydrogen-bond donors (Lipinski definition) is 13. The maximum Gasteiger partial charge on any atom is 0.490 e. The monoisotopic (exact) mass is 845 g/mol. The molecule has 1 aliphatic rings. The van der Waals surface area contributed by atoms with Gasteiger partial charge in [0.05, 0.1) is 12.9 Å². The highest BCUT2D eigenvalue weighted by molar-refractivity contribution is 7.71. The molecule has 1 aliphatic heterocycles. The second-order valence-electron chi connectivity index (χ2n) is 8.18. The van der Waals surface area contributed by atoms with Gasteiger partial charge in [-0.2, -0.15) is 21.6 Å².